The Morgan fingerprint density at radius 1 is 1.11 bits per heavy atom. The molecule has 2 aliphatic rings. The standard InChI is InChI=1S/C20H23F4N3O/c21-18-8-7-16(13-17(18)20(22,23)24)25-19(28)27-10-4-9-26(11-12-27)14-15-5-2-1-3-6-15/h1-3,5-8,13,17-18H,4,9-12,14H2,(H,25,28). The normalized spacial score (nSPS) is 23.9. The van der Waals surface area contributed by atoms with E-state index < -0.39 is 24.3 Å². The van der Waals surface area contributed by atoms with E-state index in [1.54, 1.807) is 4.90 Å². The molecule has 1 N–H and O–H groups in total. The van der Waals surface area contributed by atoms with Crippen molar-refractivity contribution < 1.29 is 22.4 Å². The molecule has 1 aromatic carbocycles. The maximum Gasteiger partial charge on any atom is 0.398 e. The van der Waals surface area contributed by atoms with Crippen molar-refractivity contribution in [1.29, 1.82) is 0 Å². The quantitative estimate of drug-likeness (QED) is 0.786. The Morgan fingerprint density at radius 2 is 1.86 bits per heavy atom. The minimum atomic E-state index is -4.69. The van der Waals surface area contributed by atoms with Crippen molar-refractivity contribution in [2.45, 2.75) is 25.3 Å². The summed E-state index contributed by atoms with van der Waals surface area (Å²) in [5.74, 6) is -2.24. The molecular formula is C20H23F4N3O. The highest BCUT2D eigenvalue weighted by atomic mass is 19.4. The highest BCUT2D eigenvalue weighted by Gasteiger charge is 2.44. The maximum absolute atomic E-state index is 13.5. The van der Waals surface area contributed by atoms with E-state index in [0.29, 0.717) is 19.6 Å². The number of carbonyl (C=O) groups is 1. The van der Waals surface area contributed by atoms with Gasteiger partial charge in [0.1, 0.15) is 12.1 Å². The van der Waals surface area contributed by atoms with Crippen molar-refractivity contribution in [3.8, 4) is 0 Å². The molecule has 4 nitrogen and oxygen atoms in total. The number of nitrogens with one attached hydrogen (secondary N) is 1. The lowest BCUT2D eigenvalue weighted by molar-refractivity contribution is -0.172. The molecular weight excluding hydrogens is 374 g/mol. The van der Waals surface area contributed by atoms with Gasteiger partial charge in [-0.05, 0) is 30.2 Å². The highest BCUT2D eigenvalue weighted by Crippen LogP contribution is 2.34. The highest BCUT2D eigenvalue weighted by molar-refractivity contribution is 5.76. The lowest BCUT2D eigenvalue weighted by Gasteiger charge is -2.25. The number of halogens is 4. The van der Waals surface area contributed by atoms with Crippen LogP contribution in [-0.2, 0) is 6.54 Å². The summed E-state index contributed by atoms with van der Waals surface area (Å²) in [7, 11) is 0. The van der Waals surface area contributed by atoms with Crippen LogP contribution in [0.3, 0.4) is 0 Å². The lowest BCUT2D eigenvalue weighted by Crippen LogP contribution is -2.42. The molecule has 2 atom stereocenters. The Kier molecular flexibility index (Phi) is 6.39. The molecule has 1 heterocycles. The van der Waals surface area contributed by atoms with E-state index in [0.717, 1.165) is 31.7 Å². The number of hydrogen-bond acceptors (Lipinski definition) is 2. The average Bonchev–Trinajstić information content (AvgIpc) is 2.89. The van der Waals surface area contributed by atoms with Gasteiger partial charge in [0, 0.05) is 38.4 Å². The largest absolute Gasteiger partial charge is 0.398 e. The van der Waals surface area contributed by atoms with Gasteiger partial charge in [0.2, 0.25) is 0 Å². The molecule has 0 spiro atoms. The second-order valence-corrected chi connectivity index (χ2v) is 7.03. The van der Waals surface area contributed by atoms with Gasteiger partial charge in [-0.25, -0.2) is 9.18 Å². The molecule has 0 saturated carbocycles. The van der Waals surface area contributed by atoms with Crippen LogP contribution in [0.15, 0.2) is 54.3 Å². The summed E-state index contributed by atoms with van der Waals surface area (Å²) in [5, 5.41) is 2.48. The molecule has 1 aromatic rings. The van der Waals surface area contributed by atoms with E-state index in [1.165, 1.54) is 11.6 Å². The lowest BCUT2D eigenvalue weighted by atomic mass is 9.96. The van der Waals surface area contributed by atoms with E-state index in [4.69, 9.17) is 0 Å². The Balaban J connectivity index is 1.56. The van der Waals surface area contributed by atoms with Crippen LogP contribution in [0.2, 0.25) is 0 Å². The molecule has 8 heteroatoms. The second kappa shape index (κ2) is 8.77. The summed E-state index contributed by atoms with van der Waals surface area (Å²) in [6, 6.07) is 9.55. The SMILES string of the molecule is O=C(NC1=CC(C(F)(F)F)C(F)C=C1)N1CCCN(Cc2ccccc2)CC1. The molecule has 28 heavy (non-hydrogen) atoms. The van der Waals surface area contributed by atoms with E-state index >= 15 is 0 Å². The van der Waals surface area contributed by atoms with Crippen LogP contribution in [0.1, 0.15) is 12.0 Å². The molecule has 1 aliphatic heterocycles. The van der Waals surface area contributed by atoms with Crippen LogP contribution in [0.5, 0.6) is 0 Å². The van der Waals surface area contributed by atoms with E-state index in [-0.39, 0.29) is 5.70 Å². The van der Waals surface area contributed by atoms with Crippen LogP contribution in [-0.4, -0.2) is 54.4 Å². The average molecular weight is 397 g/mol. The molecule has 1 saturated heterocycles. The van der Waals surface area contributed by atoms with Gasteiger partial charge in [-0.15, -0.1) is 0 Å². The monoisotopic (exact) mass is 397 g/mol. The molecule has 152 valence electrons. The van der Waals surface area contributed by atoms with Crippen molar-refractivity contribution in [3.63, 3.8) is 0 Å². The number of allylic oxidation sites excluding steroid dienone is 3. The molecule has 0 bridgehead atoms. The molecule has 0 aromatic heterocycles. The summed E-state index contributed by atoms with van der Waals surface area (Å²) in [6.45, 7) is 3.29. The number of urea groups is 1. The smallest absolute Gasteiger partial charge is 0.323 e. The minimum absolute atomic E-state index is 0.0217. The van der Waals surface area contributed by atoms with Gasteiger partial charge in [0.25, 0.3) is 0 Å². The third-order valence-electron chi connectivity index (χ3n) is 4.92. The minimum Gasteiger partial charge on any atom is -0.323 e. The first kappa shape index (κ1) is 20.4. The van der Waals surface area contributed by atoms with Gasteiger partial charge in [0.15, 0.2) is 0 Å². The Morgan fingerprint density at radius 3 is 2.57 bits per heavy atom. The van der Waals surface area contributed by atoms with Gasteiger partial charge in [0.05, 0.1) is 0 Å². The molecule has 0 radical (unpaired) electrons. The van der Waals surface area contributed by atoms with Crippen molar-refractivity contribution in [3.05, 3.63) is 59.8 Å². The topological polar surface area (TPSA) is 35.6 Å². The van der Waals surface area contributed by atoms with Crippen molar-refractivity contribution in [2.24, 2.45) is 5.92 Å². The molecule has 2 amide bonds. The molecule has 3 rings (SSSR count). The molecule has 1 aliphatic carbocycles. The third-order valence-corrected chi connectivity index (χ3v) is 4.92. The van der Waals surface area contributed by atoms with Crippen LogP contribution in [0, 0.1) is 5.92 Å². The number of nitrogens with zero attached hydrogens (tertiary/aromatic N) is 2. The first-order chi connectivity index (χ1) is 13.3. The van der Waals surface area contributed by atoms with Crippen LogP contribution < -0.4 is 5.32 Å². The first-order valence-corrected chi connectivity index (χ1v) is 9.26. The van der Waals surface area contributed by atoms with E-state index in [9.17, 15) is 22.4 Å². The fourth-order valence-electron chi connectivity index (χ4n) is 3.39. The van der Waals surface area contributed by atoms with Crippen molar-refractivity contribution in [2.75, 3.05) is 26.2 Å². The van der Waals surface area contributed by atoms with E-state index in [2.05, 4.69) is 10.2 Å². The summed E-state index contributed by atoms with van der Waals surface area (Å²) in [5.41, 5.74) is 1.17. The van der Waals surface area contributed by atoms with Crippen LogP contribution in [0.25, 0.3) is 0 Å². The fraction of sp³-hybridized carbons (Fsp3) is 0.450. The van der Waals surface area contributed by atoms with Gasteiger partial charge in [-0.3, -0.25) is 4.90 Å². The third kappa shape index (κ3) is 5.34. The predicted octanol–water partition coefficient (Wildman–Crippen LogP) is 3.87. The number of hydrogen-bond donors (Lipinski definition) is 1. The predicted molar refractivity (Wildman–Crippen MR) is 98.1 cm³/mol. The first-order valence-electron chi connectivity index (χ1n) is 9.26. The Labute approximate surface area is 161 Å². The number of carbonyl (C=O) groups excluding carboxylic acids is 1. The number of amides is 2. The zero-order valence-corrected chi connectivity index (χ0v) is 15.3. The van der Waals surface area contributed by atoms with Crippen molar-refractivity contribution in [1.82, 2.24) is 15.1 Å². The number of benzene rings is 1. The summed E-state index contributed by atoms with van der Waals surface area (Å²) < 4.78 is 52.2. The maximum atomic E-state index is 13.5. The number of rotatable bonds is 3. The number of alkyl halides is 4. The van der Waals surface area contributed by atoms with Gasteiger partial charge < -0.3 is 10.2 Å². The summed E-state index contributed by atoms with van der Waals surface area (Å²) in [4.78, 5) is 16.3. The van der Waals surface area contributed by atoms with Crippen LogP contribution in [0.4, 0.5) is 22.4 Å². The van der Waals surface area contributed by atoms with Gasteiger partial charge in [-0.1, -0.05) is 30.3 Å². The molecule has 2 unspecified atom stereocenters. The summed E-state index contributed by atoms with van der Waals surface area (Å²) in [6.07, 6.45) is -3.30. The fourth-order valence-corrected chi connectivity index (χ4v) is 3.39. The zero-order valence-electron chi connectivity index (χ0n) is 15.3. The Bertz CT molecular complexity index is 733. The molecule has 1 fully saturated rings. The van der Waals surface area contributed by atoms with Crippen molar-refractivity contribution >= 4 is 6.03 Å². The zero-order chi connectivity index (χ0) is 20.1. The van der Waals surface area contributed by atoms with Gasteiger partial charge in [-0.2, -0.15) is 13.2 Å². The van der Waals surface area contributed by atoms with Gasteiger partial charge >= 0.3 is 12.2 Å². The Hall–Kier alpha value is -2.35. The van der Waals surface area contributed by atoms with Crippen LogP contribution >= 0.6 is 0 Å². The van der Waals surface area contributed by atoms with E-state index in [1.807, 2.05) is 30.3 Å². The second-order valence-electron chi connectivity index (χ2n) is 7.03. The summed E-state index contributed by atoms with van der Waals surface area (Å²) >= 11 is 0.